The van der Waals surface area contributed by atoms with Gasteiger partial charge in [0.25, 0.3) is 0 Å². The maximum Gasteiger partial charge on any atom is 0.416 e. The van der Waals surface area contributed by atoms with Gasteiger partial charge in [-0.05, 0) is 36.4 Å². The number of aromatic nitrogens is 2. The molecule has 2 N–H and O–H groups in total. The Bertz CT molecular complexity index is 869. The van der Waals surface area contributed by atoms with E-state index in [2.05, 4.69) is 20.6 Å². The predicted octanol–water partition coefficient (Wildman–Crippen LogP) is 5.64. The Hall–Kier alpha value is -2.80. The van der Waals surface area contributed by atoms with Crippen molar-refractivity contribution < 1.29 is 13.2 Å². The first-order chi connectivity index (χ1) is 11.9. The molecule has 2 aromatic carbocycles. The van der Waals surface area contributed by atoms with Gasteiger partial charge in [0.1, 0.15) is 5.82 Å². The van der Waals surface area contributed by atoms with Gasteiger partial charge in [0.2, 0.25) is 5.95 Å². The lowest BCUT2D eigenvalue weighted by molar-refractivity contribution is -0.137. The number of benzene rings is 2. The zero-order valence-electron chi connectivity index (χ0n) is 12.7. The molecule has 1 heterocycles. The zero-order valence-corrected chi connectivity index (χ0v) is 13.4. The number of para-hydroxylation sites is 1. The Morgan fingerprint density at radius 2 is 1.68 bits per heavy atom. The van der Waals surface area contributed by atoms with Gasteiger partial charge in [-0.25, -0.2) is 4.98 Å². The molecule has 128 valence electrons. The minimum absolute atomic E-state index is 0.0772. The van der Waals surface area contributed by atoms with Crippen LogP contribution in [0.3, 0.4) is 0 Å². The molecule has 0 atom stereocenters. The first kappa shape index (κ1) is 17.0. The predicted molar refractivity (Wildman–Crippen MR) is 91.5 cm³/mol. The quantitative estimate of drug-likeness (QED) is 0.629. The maximum absolute atomic E-state index is 12.8. The lowest BCUT2D eigenvalue weighted by Crippen LogP contribution is -2.06. The van der Waals surface area contributed by atoms with E-state index >= 15 is 0 Å². The molecule has 1 aromatic heterocycles. The first-order valence-corrected chi connectivity index (χ1v) is 7.58. The molecule has 0 amide bonds. The number of hydrogen-bond donors (Lipinski definition) is 2. The van der Waals surface area contributed by atoms with E-state index in [1.165, 1.54) is 12.3 Å². The Labute approximate surface area is 146 Å². The van der Waals surface area contributed by atoms with E-state index in [0.29, 0.717) is 5.82 Å². The molecule has 0 aliphatic carbocycles. The van der Waals surface area contributed by atoms with Gasteiger partial charge in [0, 0.05) is 11.9 Å². The molecule has 25 heavy (non-hydrogen) atoms. The molecule has 0 saturated heterocycles. The SMILES string of the molecule is FC(F)(F)c1ccc(Cl)c(Nc2nccc(Nc3ccccc3)n2)c1. The average Bonchev–Trinajstić information content (AvgIpc) is 2.57. The fourth-order valence-electron chi connectivity index (χ4n) is 2.08. The first-order valence-electron chi connectivity index (χ1n) is 7.21. The van der Waals surface area contributed by atoms with E-state index in [9.17, 15) is 13.2 Å². The van der Waals surface area contributed by atoms with Crippen LogP contribution in [0.2, 0.25) is 5.02 Å². The molecule has 0 fully saturated rings. The fourth-order valence-corrected chi connectivity index (χ4v) is 2.24. The highest BCUT2D eigenvalue weighted by Gasteiger charge is 2.31. The third-order valence-electron chi connectivity index (χ3n) is 3.24. The average molecular weight is 365 g/mol. The topological polar surface area (TPSA) is 49.8 Å². The van der Waals surface area contributed by atoms with Crippen LogP contribution in [0.1, 0.15) is 5.56 Å². The van der Waals surface area contributed by atoms with Gasteiger partial charge < -0.3 is 10.6 Å². The zero-order chi connectivity index (χ0) is 17.9. The molecule has 0 radical (unpaired) electrons. The number of halogens is 4. The van der Waals surface area contributed by atoms with Crippen molar-refractivity contribution in [3.05, 3.63) is 71.4 Å². The van der Waals surface area contributed by atoms with Crippen molar-refractivity contribution in [1.82, 2.24) is 9.97 Å². The summed E-state index contributed by atoms with van der Waals surface area (Å²) in [5, 5.41) is 5.93. The van der Waals surface area contributed by atoms with E-state index in [4.69, 9.17) is 11.6 Å². The van der Waals surface area contributed by atoms with Crippen LogP contribution in [0, 0.1) is 0 Å². The van der Waals surface area contributed by atoms with E-state index in [1.54, 1.807) is 6.07 Å². The molecule has 0 aliphatic rings. The van der Waals surface area contributed by atoms with Gasteiger partial charge in [-0.1, -0.05) is 29.8 Å². The molecule has 0 aliphatic heterocycles. The van der Waals surface area contributed by atoms with Crippen molar-refractivity contribution in [1.29, 1.82) is 0 Å². The highest BCUT2D eigenvalue weighted by molar-refractivity contribution is 6.33. The second kappa shape index (κ2) is 6.98. The molecular weight excluding hydrogens is 353 g/mol. The smallest absolute Gasteiger partial charge is 0.340 e. The van der Waals surface area contributed by atoms with Crippen molar-refractivity contribution in [2.75, 3.05) is 10.6 Å². The second-order valence-corrected chi connectivity index (χ2v) is 5.48. The van der Waals surface area contributed by atoms with Crippen LogP contribution in [0.4, 0.5) is 36.3 Å². The van der Waals surface area contributed by atoms with Crippen molar-refractivity contribution in [2.45, 2.75) is 6.18 Å². The van der Waals surface area contributed by atoms with Gasteiger partial charge >= 0.3 is 6.18 Å². The molecule has 3 aromatic rings. The van der Waals surface area contributed by atoms with Crippen LogP contribution in [-0.2, 0) is 6.18 Å². The van der Waals surface area contributed by atoms with Gasteiger partial charge in [-0.15, -0.1) is 0 Å². The molecule has 0 saturated carbocycles. The van der Waals surface area contributed by atoms with Crippen LogP contribution in [0.15, 0.2) is 60.8 Å². The van der Waals surface area contributed by atoms with E-state index in [-0.39, 0.29) is 16.7 Å². The van der Waals surface area contributed by atoms with Crippen molar-refractivity contribution in [2.24, 2.45) is 0 Å². The minimum Gasteiger partial charge on any atom is -0.340 e. The number of nitrogens with zero attached hydrogens (tertiary/aromatic N) is 2. The molecule has 0 spiro atoms. The van der Waals surface area contributed by atoms with Crippen molar-refractivity contribution in [3.63, 3.8) is 0 Å². The van der Waals surface area contributed by atoms with Crippen LogP contribution >= 0.6 is 11.6 Å². The summed E-state index contributed by atoms with van der Waals surface area (Å²) >= 11 is 5.96. The van der Waals surface area contributed by atoms with E-state index in [0.717, 1.165) is 17.8 Å². The molecule has 4 nitrogen and oxygen atoms in total. The second-order valence-electron chi connectivity index (χ2n) is 5.07. The largest absolute Gasteiger partial charge is 0.416 e. The number of hydrogen-bond acceptors (Lipinski definition) is 4. The molecule has 3 rings (SSSR count). The lowest BCUT2D eigenvalue weighted by Gasteiger charge is -2.12. The van der Waals surface area contributed by atoms with Gasteiger partial charge in [-0.3, -0.25) is 0 Å². The molecular formula is C17H12ClF3N4. The summed E-state index contributed by atoms with van der Waals surface area (Å²) in [6.45, 7) is 0. The van der Waals surface area contributed by atoms with Crippen LogP contribution in [0.25, 0.3) is 0 Å². The Morgan fingerprint density at radius 3 is 2.40 bits per heavy atom. The summed E-state index contributed by atoms with van der Waals surface area (Å²) in [6.07, 6.45) is -2.97. The van der Waals surface area contributed by atoms with Crippen molar-refractivity contribution >= 4 is 34.7 Å². The molecule has 0 unspecified atom stereocenters. The van der Waals surface area contributed by atoms with Gasteiger partial charge in [-0.2, -0.15) is 18.2 Å². The minimum atomic E-state index is -4.46. The summed E-state index contributed by atoms with van der Waals surface area (Å²) in [4.78, 5) is 8.23. The van der Waals surface area contributed by atoms with Crippen molar-refractivity contribution in [3.8, 4) is 0 Å². The summed E-state index contributed by atoms with van der Waals surface area (Å²) in [5.74, 6) is 0.619. The summed E-state index contributed by atoms with van der Waals surface area (Å²) in [5.41, 5.74) is 0.0931. The monoisotopic (exact) mass is 364 g/mol. The standard InChI is InChI=1S/C17H12ClF3N4/c18-13-7-6-11(17(19,20)21)10-14(13)24-16-22-9-8-15(25-16)23-12-4-2-1-3-5-12/h1-10H,(H2,22,23,24,25). The summed E-state index contributed by atoms with van der Waals surface area (Å²) in [7, 11) is 0. The van der Waals surface area contributed by atoms with Crippen LogP contribution in [-0.4, -0.2) is 9.97 Å². The third-order valence-corrected chi connectivity index (χ3v) is 3.57. The Kier molecular flexibility index (Phi) is 4.76. The molecule has 0 bridgehead atoms. The van der Waals surface area contributed by atoms with E-state index in [1.807, 2.05) is 30.3 Å². The summed E-state index contributed by atoms with van der Waals surface area (Å²) < 4.78 is 38.5. The van der Waals surface area contributed by atoms with E-state index < -0.39 is 11.7 Å². The Morgan fingerprint density at radius 1 is 0.920 bits per heavy atom. The van der Waals surface area contributed by atoms with Crippen LogP contribution < -0.4 is 10.6 Å². The van der Waals surface area contributed by atoms with Gasteiger partial charge in [0.15, 0.2) is 0 Å². The Balaban J connectivity index is 1.83. The number of anilines is 4. The fraction of sp³-hybridized carbons (Fsp3) is 0.0588. The van der Waals surface area contributed by atoms with Gasteiger partial charge in [0.05, 0.1) is 16.3 Å². The highest BCUT2D eigenvalue weighted by Crippen LogP contribution is 2.34. The normalized spacial score (nSPS) is 11.2. The van der Waals surface area contributed by atoms with Crippen LogP contribution in [0.5, 0.6) is 0 Å². The number of alkyl halides is 3. The highest BCUT2D eigenvalue weighted by atomic mass is 35.5. The summed E-state index contributed by atoms with van der Waals surface area (Å²) in [6, 6.07) is 14.0. The number of nitrogens with one attached hydrogen (secondary N) is 2. The third kappa shape index (κ3) is 4.39. The number of rotatable bonds is 4. The maximum atomic E-state index is 12.8. The lowest BCUT2D eigenvalue weighted by atomic mass is 10.2. The molecule has 8 heteroatoms.